The first-order valence-electron chi connectivity index (χ1n) is 6.16. The SMILES string of the molecule is Cc1sc2c(c1C)c(=O)nc1c(C(N)=C(C#N)C#N)n[nH]n12. The predicted octanol–water partition coefficient (Wildman–Crippen LogP) is 0.966. The van der Waals surface area contributed by atoms with Crippen molar-refractivity contribution in [2.24, 2.45) is 5.73 Å². The summed E-state index contributed by atoms with van der Waals surface area (Å²) in [5.41, 5.74) is 6.21. The Kier molecular flexibility index (Phi) is 2.94. The lowest BCUT2D eigenvalue weighted by Crippen LogP contribution is -2.11. The number of thiophene rings is 1. The van der Waals surface area contributed by atoms with Gasteiger partial charge in [-0.25, -0.2) is 9.73 Å². The molecule has 0 atom stereocenters. The molecule has 0 aliphatic carbocycles. The second-order valence-electron chi connectivity index (χ2n) is 4.61. The Morgan fingerprint density at radius 1 is 1.36 bits per heavy atom. The molecule has 0 saturated carbocycles. The largest absolute Gasteiger partial charge is 0.395 e. The van der Waals surface area contributed by atoms with Gasteiger partial charge in [-0.15, -0.1) is 11.3 Å². The van der Waals surface area contributed by atoms with Crippen LogP contribution in [0, 0.1) is 36.5 Å². The number of aromatic nitrogens is 4. The highest BCUT2D eigenvalue weighted by Gasteiger charge is 2.19. The first kappa shape index (κ1) is 13.8. The summed E-state index contributed by atoms with van der Waals surface area (Å²) in [6, 6.07) is 3.39. The van der Waals surface area contributed by atoms with E-state index >= 15 is 0 Å². The Hall–Kier alpha value is -3.17. The van der Waals surface area contributed by atoms with Gasteiger partial charge in [0.15, 0.2) is 16.9 Å². The molecule has 3 aromatic heterocycles. The summed E-state index contributed by atoms with van der Waals surface area (Å²) < 4.78 is 1.54. The molecule has 0 spiro atoms. The van der Waals surface area contributed by atoms with E-state index in [-0.39, 0.29) is 28.2 Å². The molecule has 3 aromatic rings. The molecule has 3 rings (SSSR count). The monoisotopic (exact) mass is 311 g/mol. The molecule has 0 amide bonds. The number of nitrogens with one attached hydrogen (secondary N) is 1. The zero-order valence-electron chi connectivity index (χ0n) is 11.6. The van der Waals surface area contributed by atoms with Gasteiger partial charge in [0.2, 0.25) is 0 Å². The topological polar surface area (TPSA) is 137 Å². The van der Waals surface area contributed by atoms with Gasteiger partial charge in [0.1, 0.15) is 17.0 Å². The molecule has 22 heavy (non-hydrogen) atoms. The lowest BCUT2D eigenvalue weighted by atomic mass is 10.2. The van der Waals surface area contributed by atoms with E-state index < -0.39 is 0 Å². The van der Waals surface area contributed by atoms with Crippen LogP contribution < -0.4 is 11.3 Å². The van der Waals surface area contributed by atoms with Gasteiger partial charge >= 0.3 is 0 Å². The zero-order valence-corrected chi connectivity index (χ0v) is 12.4. The Morgan fingerprint density at radius 2 is 2.05 bits per heavy atom. The third kappa shape index (κ3) is 1.70. The standard InChI is InChI=1S/C13H9N7OS/c1-5-6(2)22-13-8(5)12(21)17-11-10(18-19-20(11)13)9(16)7(3-14)4-15/h19H,16H2,1-2H3. The molecular weight excluding hydrogens is 302 g/mol. The first-order chi connectivity index (χ1) is 10.5. The molecule has 0 aliphatic rings. The van der Waals surface area contributed by atoms with E-state index in [1.54, 1.807) is 12.1 Å². The van der Waals surface area contributed by atoms with E-state index in [1.165, 1.54) is 15.9 Å². The number of H-pyrrole nitrogens is 1. The number of fused-ring (bicyclic) bond motifs is 3. The van der Waals surface area contributed by atoms with Gasteiger partial charge in [0.25, 0.3) is 5.56 Å². The predicted molar refractivity (Wildman–Crippen MR) is 80.8 cm³/mol. The number of rotatable bonds is 1. The summed E-state index contributed by atoms with van der Waals surface area (Å²) in [5, 5.41) is 25.0. The van der Waals surface area contributed by atoms with Crippen molar-refractivity contribution in [3.05, 3.63) is 32.1 Å². The lowest BCUT2D eigenvalue weighted by Gasteiger charge is -1.98. The molecule has 8 nitrogen and oxygen atoms in total. The molecule has 0 fully saturated rings. The van der Waals surface area contributed by atoms with Crippen molar-refractivity contribution in [1.29, 1.82) is 10.5 Å². The Bertz CT molecular complexity index is 1080. The Labute approximate surface area is 127 Å². The Morgan fingerprint density at radius 3 is 2.68 bits per heavy atom. The van der Waals surface area contributed by atoms with Crippen molar-refractivity contribution < 1.29 is 0 Å². The quantitative estimate of drug-likeness (QED) is 0.642. The van der Waals surface area contributed by atoms with Crippen LogP contribution in [0.2, 0.25) is 0 Å². The van der Waals surface area contributed by atoms with E-state index in [0.29, 0.717) is 10.2 Å². The van der Waals surface area contributed by atoms with Gasteiger partial charge in [-0.2, -0.15) is 20.6 Å². The Balaban J connectivity index is 2.48. The molecule has 3 N–H and O–H groups in total. The van der Waals surface area contributed by atoms with Crippen LogP contribution in [0.25, 0.3) is 21.6 Å². The van der Waals surface area contributed by atoms with Crippen molar-refractivity contribution in [3.63, 3.8) is 0 Å². The normalized spacial score (nSPS) is 10.5. The van der Waals surface area contributed by atoms with Crippen LogP contribution in [0.1, 0.15) is 16.1 Å². The highest BCUT2D eigenvalue weighted by Crippen LogP contribution is 2.28. The van der Waals surface area contributed by atoms with Gasteiger partial charge in [-0.3, -0.25) is 4.79 Å². The summed E-state index contributed by atoms with van der Waals surface area (Å²) in [7, 11) is 0. The molecule has 0 bridgehead atoms. The molecule has 0 saturated heterocycles. The average molecular weight is 311 g/mol. The summed E-state index contributed by atoms with van der Waals surface area (Å²) >= 11 is 1.43. The summed E-state index contributed by atoms with van der Waals surface area (Å²) in [6.45, 7) is 3.78. The molecule has 0 aliphatic heterocycles. The first-order valence-corrected chi connectivity index (χ1v) is 6.98. The number of nitriles is 2. The summed E-state index contributed by atoms with van der Waals surface area (Å²) in [5.74, 6) is 0. The molecule has 0 radical (unpaired) electrons. The fourth-order valence-corrected chi connectivity index (χ4v) is 3.27. The van der Waals surface area contributed by atoms with Crippen LogP contribution in [0.3, 0.4) is 0 Å². The lowest BCUT2D eigenvalue weighted by molar-refractivity contribution is 0.875. The van der Waals surface area contributed by atoms with E-state index in [2.05, 4.69) is 15.3 Å². The molecule has 3 heterocycles. The third-order valence-electron chi connectivity index (χ3n) is 3.42. The van der Waals surface area contributed by atoms with Gasteiger partial charge in [-0.05, 0) is 19.4 Å². The molecule has 108 valence electrons. The summed E-state index contributed by atoms with van der Waals surface area (Å²) in [4.78, 5) is 17.9. The van der Waals surface area contributed by atoms with Gasteiger partial charge in [-0.1, -0.05) is 0 Å². The van der Waals surface area contributed by atoms with Crippen LogP contribution in [-0.2, 0) is 0 Å². The van der Waals surface area contributed by atoms with Crippen LogP contribution >= 0.6 is 11.3 Å². The minimum atomic E-state index is -0.386. The molecule has 9 heteroatoms. The minimum absolute atomic E-state index is 0.111. The number of hydrogen-bond acceptors (Lipinski definition) is 7. The van der Waals surface area contributed by atoms with Gasteiger partial charge in [0.05, 0.1) is 11.1 Å². The fourth-order valence-electron chi connectivity index (χ4n) is 2.16. The minimum Gasteiger partial charge on any atom is -0.395 e. The van der Waals surface area contributed by atoms with Crippen molar-refractivity contribution in [2.75, 3.05) is 0 Å². The summed E-state index contributed by atoms with van der Waals surface area (Å²) in [6.07, 6.45) is 0. The smallest absolute Gasteiger partial charge is 0.282 e. The van der Waals surface area contributed by atoms with Gasteiger partial charge < -0.3 is 5.73 Å². The van der Waals surface area contributed by atoms with E-state index in [1.807, 2.05) is 13.8 Å². The van der Waals surface area contributed by atoms with Crippen LogP contribution in [0.5, 0.6) is 0 Å². The van der Waals surface area contributed by atoms with Crippen LogP contribution in [0.15, 0.2) is 10.4 Å². The molecule has 0 aromatic carbocycles. The number of allylic oxidation sites excluding steroid dienone is 1. The van der Waals surface area contributed by atoms with E-state index in [9.17, 15) is 4.79 Å². The second-order valence-corrected chi connectivity index (χ2v) is 5.82. The highest BCUT2D eigenvalue weighted by molar-refractivity contribution is 7.18. The van der Waals surface area contributed by atoms with E-state index in [0.717, 1.165) is 10.4 Å². The van der Waals surface area contributed by atoms with Crippen molar-refractivity contribution >= 4 is 32.9 Å². The maximum absolute atomic E-state index is 12.3. The number of hydrogen-bond donors (Lipinski definition) is 2. The number of nitrogens with two attached hydrogens (primary N) is 1. The number of aromatic amines is 1. The maximum Gasteiger partial charge on any atom is 0.282 e. The average Bonchev–Trinajstić information content (AvgIpc) is 3.03. The van der Waals surface area contributed by atoms with Gasteiger partial charge in [0, 0.05) is 4.88 Å². The third-order valence-corrected chi connectivity index (χ3v) is 4.62. The number of aryl methyl sites for hydroxylation is 2. The number of nitrogens with zero attached hydrogens (tertiary/aromatic N) is 5. The van der Waals surface area contributed by atoms with Crippen molar-refractivity contribution in [3.8, 4) is 12.1 Å². The van der Waals surface area contributed by atoms with Crippen molar-refractivity contribution in [1.82, 2.24) is 19.8 Å². The van der Waals surface area contributed by atoms with Crippen LogP contribution in [0.4, 0.5) is 0 Å². The zero-order chi connectivity index (χ0) is 16.0. The highest BCUT2D eigenvalue weighted by atomic mass is 32.1. The molecule has 0 unspecified atom stereocenters. The maximum atomic E-state index is 12.3. The van der Waals surface area contributed by atoms with E-state index in [4.69, 9.17) is 16.3 Å². The fraction of sp³-hybridized carbons (Fsp3) is 0.154. The van der Waals surface area contributed by atoms with Crippen molar-refractivity contribution in [2.45, 2.75) is 13.8 Å². The van der Waals surface area contributed by atoms with Crippen LogP contribution in [-0.4, -0.2) is 19.8 Å². The molecular formula is C13H9N7OS. The second kappa shape index (κ2) is 4.69.